The first-order chi connectivity index (χ1) is 29.1. The molecule has 13 rings (SSSR count). The minimum atomic E-state index is -0.449. The largest absolute Gasteiger partial charge is 0.309 e. The number of hydrogen-bond acceptors (Lipinski definition) is 1. The Bertz CT molecular complexity index is 3330. The molecule has 0 atom stereocenters. The monoisotopic (exact) mass is 749 g/mol. The highest BCUT2D eigenvalue weighted by atomic mass is 15.1. The highest BCUT2D eigenvalue weighted by Gasteiger charge is 2.51. The van der Waals surface area contributed by atoms with Gasteiger partial charge >= 0.3 is 0 Å². The van der Waals surface area contributed by atoms with Gasteiger partial charge in [0.1, 0.15) is 0 Å². The van der Waals surface area contributed by atoms with Gasteiger partial charge in [-0.15, -0.1) is 0 Å². The van der Waals surface area contributed by atoms with Crippen LogP contribution in [-0.2, 0) is 10.8 Å². The van der Waals surface area contributed by atoms with Crippen molar-refractivity contribution in [2.75, 3.05) is 4.90 Å². The van der Waals surface area contributed by atoms with Gasteiger partial charge in [0.05, 0.1) is 16.8 Å². The van der Waals surface area contributed by atoms with Crippen LogP contribution in [0.4, 0.5) is 17.1 Å². The molecule has 0 N–H and O–H groups in total. The van der Waals surface area contributed by atoms with E-state index in [-0.39, 0.29) is 5.41 Å². The Balaban J connectivity index is 1.18. The molecule has 3 aliphatic carbocycles. The Morgan fingerprint density at radius 2 is 0.746 bits per heavy atom. The van der Waals surface area contributed by atoms with Crippen molar-refractivity contribution in [3.05, 3.63) is 234 Å². The van der Waals surface area contributed by atoms with Crippen LogP contribution in [-0.4, -0.2) is 0 Å². The minimum absolute atomic E-state index is 0.143. The fourth-order valence-corrected chi connectivity index (χ4v) is 11.7. The van der Waals surface area contributed by atoms with Crippen LogP contribution in [0.2, 0.25) is 0 Å². The van der Waals surface area contributed by atoms with E-state index in [0.29, 0.717) is 0 Å². The maximum Gasteiger partial charge on any atom is 0.0726 e. The van der Waals surface area contributed by atoms with Crippen LogP contribution in [0.25, 0.3) is 65.7 Å². The highest BCUT2D eigenvalue weighted by molar-refractivity contribution is 6.29. The molecular formula is C58H39N. The summed E-state index contributed by atoms with van der Waals surface area (Å²) < 4.78 is 0. The zero-order valence-corrected chi connectivity index (χ0v) is 33.0. The third-order valence-electron chi connectivity index (χ3n) is 14.1. The molecule has 0 heterocycles. The number of anilines is 3. The van der Waals surface area contributed by atoms with Crippen molar-refractivity contribution in [2.24, 2.45) is 0 Å². The quantitative estimate of drug-likeness (QED) is 0.163. The van der Waals surface area contributed by atoms with Crippen molar-refractivity contribution in [1.82, 2.24) is 0 Å². The van der Waals surface area contributed by atoms with Gasteiger partial charge in [-0.1, -0.05) is 190 Å². The second-order valence-electron chi connectivity index (χ2n) is 17.1. The van der Waals surface area contributed by atoms with E-state index in [4.69, 9.17) is 0 Å². The normalized spacial score (nSPS) is 14.5. The molecule has 59 heavy (non-hydrogen) atoms. The van der Waals surface area contributed by atoms with Crippen LogP contribution in [0, 0.1) is 0 Å². The molecule has 0 bridgehead atoms. The molecule has 0 radical (unpaired) electrons. The SMILES string of the molecule is CC1(C)c2ccccc2-c2c(N(c3ccc4c(c3)C3(c5ccccc5-c5ccccc53)c3ccccc3-4)c3cccc4c5ccccc5c5ccccc5c34)cccc21. The molecule has 1 nitrogen and oxygen atoms in total. The van der Waals surface area contributed by atoms with Gasteiger partial charge in [-0.2, -0.15) is 0 Å². The lowest BCUT2D eigenvalue weighted by Crippen LogP contribution is -2.26. The third kappa shape index (κ3) is 4.09. The summed E-state index contributed by atoms with van der Waals surface area (Å²) in [5.74, 6) is 0. The van der Waals surface area contributed by atoms with Crippen molar-refractivity contribution in [3.63, 3.8) is 0 Å². The lowest BCUT2D eigenvalue weighted by molar-refractivity contribution is 0.660. The summed E-state index contributed by atoms with van der Waals surface area (Å²) in [6, 6.07) is 75.6. The predicted molar refractivity (Wildman–Crippen MR) is 248 cm³/mol. The second-order valence-corrected chi connectivity index (χ2v) is 17.1. The van der Waals surface area contributed by atoms with Crippen LogP contribution < -0.4 is 4.90 Å². The Labute approximate surface area is 344 Å². The number of nitrogens with zero attached hydrogens (tertiary/aromatic N) is 1. The first-order valence-corrected chi connectivity index (χ1v) is 20.9. The lowest BCUT2D eigenvalue weighted by Gasteiger charge is -2.33. The minimum Gasteiger partial charge on any atom is -0.309 e. The summed E-state index contributed by atoms with van der Waals surface area (Å²) in [6.45, 7) is 4.77. The van der Waals surface area contributed by atoms with Crippen LogP contribution in [0.15, 0.2) is 200 Å². The summed E-state index contributed by atoms with van der Waals surface area (Å²) in [5.41, 5.74) is 18.9. The van der Waals surface area contributed by atoms with Crippen molar-refractivity contribution >= 4 is 49.4 Å². The third-order valence-corrected chi connectivity index (χ3v) is 14.1. The van der Waals surface area contributed by atoms with Gasteiger partial charge in [-0.3, -0.25) is 0 Å². The molecule has 0 amide bonds. The van der Waals surface area contributed by atoms with Gasteiger partial charge < -0.3 is 4.90 Å². The second kappa shape index (κ2) is 11.7. The van der Waals surface area contributed by atoms with E-state index >= 15 is 0 Å². The zero-order valence-electron chi connectivity index (χ0n) is 33.0. The summed E-state index contributed by atoms with van der Waals surface area (Å²) in [5, 5.41) is 7.62. The van der Waals surface area contributed by atoms with Crippen LogP contribution in [0.5, 0.6) is 0 Å². The standard InChI is InChI=1S/C58H39N/c1-57(2)47-26-11-10-24-46(47)56-51(57)30-16-32-54(56)59(53-31-15-25-45-39-18-4-3-17-37(39)38-19-5-6-23-44(38)55(45)53)36-33-34-43-42-22-9-14-29-50(42)58(52(43)35-36)48-27-12-7-20-40(48)41-21-8-13-28-49(41)58/h3-35H,1-2H3. The molecule has 10 aromatic carbocycles. The molecule has 10 aromatic rings. The molecule has 1 spiro atoms. The summed E-state index contributed by atoms with van der Waals surface area (Å²) in [6.07, 6.45) is 0. The maximum atomic E-state index is 2.60. The lowest BCUT2D eigenvalue weighted by atomic mass is 9.70. The summed E-state index contributed by atoms with van der Waals surface area (Å²) in [7, 11) is 0. The molecule has 0 aliphatic heterocycles. The Morgan fingerprint density at radius 3 is 1.36 bits per heavy atom. The molecule has 3 aliphatic rings. The van der Waals surface area contributed by atoms with E-state index in [1.165, 1.54) is 110 Å². The maximum absolute atomic E-state index is 2.60. The van der Waals surface area contributed by atoms with Crippen LogP contribution in [0.1, 0.15) is 47.2 Å². The molecular weight excluding hydrogens is 711 g/mol. The number of benzene rings is 10. The number of fused-ring (bicyclic) bond motifs is 19. The van der Waals surface area contributed by atoms with Crippen LogP contribution in [0.3, 0.4) is 0 Å². The average Bonchev–Trinajstić information content (AvgIpc) is 3.85. The predicted octanol–water partition coefficient (Wildman–Crippen LogP) is 15.3. The summed E-state index contributed by atoms with van der Waals surface area (Å²) in [4.78, 5) is 2.60. The Kier molecular flexibility index (Phi) is 6.50. The van der Waals surface area contributed by atoms with E-state index in [1.807, 2.05) is 0 Å². The molecule has 0 aromatic heterocycles. The van der Waals surface area contributed by atoms with Gasteiger partial charge in [-0.25, -0.2) is 0 Å². The van der Waals surface area contributed by atoms with Crippen molar-refractivity contribution in [3.8, 4) is 33.4 Å². The Morgan fingerprint density at radius 1 is 0.322 bits per heavy atom. The molecule has 0 saturated carbocycles. The van der Waals surface area contributed by atoms with Gasteiger partial charge in [0, 0.05) is 22.1 Å². The smallest absolute Gasteiger partial charge is 0.0726 e. The molecule has 0 fully saturated rings. The average molecular weight is 750 g/mol. The van der Waals surface area contributed by atoms with Crippen molar-refractivity contribution in [2.45, 2.75) is 24.7 Å². The zero-order chi connectivity index (χ0) is 39.0. The Hall–Kier alpha value is -7.22. The van der Waals surface area contributed by atoms with Crippen LogP contribution >= 0.6 is 0 Å². The van der Waals surface area contributed by atoms with Gasteiger partial charge in [0.25, 0.3) is 0 Å². The van der Waals surface area contributed by atoms with Gasteiger partial charge in [0.15, 0.2) is 0 Å². The number of hydrogen-bond donors (Lipinski definition) is 0. The number of rotatable bonds is 3. The molecule has 1 heteroatoms. The molecule has 0 unspecified atom stereocenters. The van der Waals surface area contributed by atoms with Gasteiger partial charge in [0.2, 0.25) is 0 Å². The van der Waals surface area contributed by atoms with Gasteiger partial charge in [-0.05, 0) is 112 Å². The fourth-order valence-electron chi connectivity index (χ4n) is 11.7. The summed E-state index contributed by atoms with van der Waals surface area (Å²) >= 11 is 0. The topological polar surface area (TPSA) is 3.24 Å². The van der Waals surface area contributed by atoms with E-state index < -0.39 is 5.41 Å². The van der Waals surface area contributed by atoms with E-state index in [9.17, 15) is 0 Å². The molecule has 276 valence electrons. The first kappa shape index (κ1) is 32.8. The van der Waals surface area contributed by atoms with E-state index in [0.717, 1.165) is 5.69 Å². The molecule has 0 saturated heterocycles. The fraction of sp³-hybridized carbons (Fsp3) is 0.0690. The van der Waals surface area contributed by atoms with Crippen molar-refractivity contribution < 1.29 is 0 Å². The van der Waals surface area contributed by atoms with E-state index in [2.05, 4.69) is 219 Å². The highest BCUT2D eigenvalue weighted by Crippen LogP contribution is 2.64. The van der Waals surface area contributed by atoms with E-state index in [1.54, 1.807) is 0 Å². The van der Waals surface area contributed by atoms with Crippen molar-refractivity contribution in [1.29, 1.82) is 0 Å². The first-order valence-electron chi connectivity index (χ1n) is 20.9.